The minimum Gasteiger partial charge on any atom is -0.342 e. The fraction of sp³-hybridized carbons (Fsp3) is 0.0741. The maximum atomic E-state index is 13.0. The van der Waals surface area contributed by atoms with Crippen molar-refractivity contribution in [3.8, 4) is 0 Å². The molecule has 1 aromatic heterocycles. The van der Waals surface area contributed by atoms with Crippen molar-refractivity contribution in [1.82, 2.24) is 9.47 Å². The largest absolute Gasteiger partial charge is 0.342 e. The standard InChI is InChI=1S/C27H19BrN2O3S/c28-21-12-10-19(11-13-21)24(31)17-30-26(32)25(34-27(30)33)14-20-16-29(15-18-6-2-1-3-7-18)23-9-5-4-8-22(20)23/h1-14,16H,15,17H2/b25-14-. The predicted octanol–water partition coefficient (Wildman–Crippen LogP) is 6.37. The van der Waals surface area contributed by atoms with E-state index in [9.17, 15) is 14.4 Å². The Bertz CT molecular complexity index is 1440. The summed E-state index contributed by atoms with van der Waals surface area (Å²) in [5.74, 6) is -0.726. The van der Waals surface area contributed by atoms with Crippen molar-refractivity contribution < 1.29 is 14.4 Å². The maximum absolute atomic E-state index is 13.0. The number of aromatic nitrogens is 1. The van der Waals surface area contributed by atoms with E-state index in [1.807, 2.05) is 48.7 Å². The van der Waals surface area contributed by atoms with E-state index < -0.39 is 11.1 Å². The van der Waals surface area contributed by atoms with Crippen LogP contribution in [0.3, 0.4) is 0 Å². The first-order valence-corrected chi connectivity index (χ1v) is 12.3. The number of thioether (sulfide) groups is 1. The number of hydrogen-bond donors (Lipinski definition) is 0. The van der Waals surface area contributed by atoms with Gasteiger partial charge in [-0.15, -0.1) is 0 Å². The minimum absolute atomic E-state index is 0.278. The molecule has 0 atom stereocenters. The van der Waals surface area contributed by atoms with Crippen molar-refractivity contribution in [2.24, 2.45) is 0 Å². The Morgan fingerprint density at radius 1 is 0.912 bits per heavy atom. The summed E-state index contributed by atoms with van der Waals surface area (Å²) in [5.41, 5.74) is 3.52. The molecule has 4 aromatic rings. The normalized spacial score (nSPS) is 15.0. The van der Waals surface area contributed by atoms with Crippen LogP contribution in [-0.4, -0.2) is 32.9 Å². The number of hydrogen-bond acceptors (Lipinski definition) is 4. The molecule has 0 spiro atoms. The van der Waals surface area contributed by atoms with Gasteiger partial charge in [-0.2, -0.15) is 0 Å². The van der Waals surface area contributed by atoms with Crippen LogP contribution in [0.15, 0.2) is 94.4 Å². The van der Waals surface area contributed by atoms with Crippen molar-refractivity contribution in [1.29, 1.82) is 0 Å². The van der Waals surface area contributed by atoms with Gasteiger partial charge >= 0.3 is 0 Å². The molecule has 0 unspecified atom stereocenters. The molecule has 1 fully saturated rings. The number of fused-ring (bicyclic) bond motifs is 1. The monoisotopic (exact) mass is 530 g/mol. The van der Waals surface area contributed by atoms with Gasteiger partial charge in [0.25, 0.3) is 11.1 Å². The Labute approximate surface area is 209 Å². The fourth-order valence-electron chi connectivity index (χ4n) is 3.95. The van der Waals surface area contributed by atoms with Crippen LogP contribution in [0.2, 0.25) is 0 Å². The molecule has 0 N–H and O–H groups in total. The van der Waals surface area contributed by atoms with Crippen LogP contribution in [0.5, 0.6) is 0 Å². The number of rotatable bonds is 6. The highest BCUT2D eigenvalue weighted by Gasteiger charge is 2.36. The van der Waals surface area contributed by atoms with Gasteiger partial charge in [0.15, 0.2) is 5.78 Å². The quantitative estimate of drug-likeness (QED) is 0.214. The number of amides is 2. The van der Waals surface area contributed by atoms with E-state index in [1.54, 1.807) is 30.3 Å². The van der Waals surface area contributed by atoms with Crippen molar-refractivity contribution in [3.63, 3.8) is 0 Å². The maximum Gasteiger partial charge on any atom is 0.293 e. The van der Waals surface area contributed by atoms with Crippen molar-refractivity contribution >= 4 is 61.6 Å². The molecule has 5 nitrogen and oxygen atoms in total. The number of para-hydroxylation sites is 1. The summed E-state index contributed by atoms with van der Waals surface area (Å²) in [5, 5.41) is 0.561. The number of ketones is 1. The molecule has 7 heteroatoms. The lowest BCUT2D eigenvalue weighted by Crippen LogP contribution is -2.33. The number of halogens is 1. The average molecular weight is 531 g/mol. The summed E-state index contributed by atoms with van der Waals surface area (Å²) >= 11 is 4.20. The van der Waals surface area contributed by atoms with Crippen LogP contribution < -0.4 is 0 Å². The van der Waals surface area contributed by atoms with Crippen LogP contribution in [0.4, 0.5) is 4.79 Å². The zero-order chi connectivity index (χ0) is 23.7. The molecule has 0 aliphatic carbocycles. The molecule has 34 heavy (non-hydrogen) atoms. The van der Waals surface area contributed by atoms with Gasteiger partial charge in [-0.3, -0.25) is 19.3 Å². The Hall–Kier alpha value is -3.42. The predicted molar refractivity (Wildman–Crippen MR) is 139 cm³/mol. The first kappa shape index (κ1) is 22.4. The zero-order valence-electron chi connectivity index (χ0n) is 18.0. The van der Waals surface area contributed by atoms with Crippen LogP contribution in [0.25, 0.3) is 17.0 Å². The molecule has 5 rings (SSSR count). The lowest BCUT2D eigenvalue weighted by atomic mass is 10.1. The molecule has 168 valence electrons. The van der Waals surface area contributed by atoms with Crippen molar-refractivity contribution in [2.45, 2.75) is 6.54 Å². The molecule has 1 aliphatic heterocycles. The third kappa shape index (κ3) is 4.49. The first-order valence-electron chi connectivity index (χ1n) is 10.7. The summed E-state index contributed by atoms with van der Waals surface area (Å²) in [6.45, 7) is 0.414. The van der Waals surface area contributed by atoms with E-state index in [2.05, 4.69) is 32.6 Å². The molecular formula is C27H19BrN2O3S. The second-order valence-electron chi connectivity index (χ2n) is 7.91. The Kier molecular flexibility index (Phi) is 6.22. The molecule has 0 radical (unpaired) electrons. The van der Waals surface area contributed by atoms with Crippen LogP contribution in [0.1, 0.15) is 21.5 Å². The number of carbonyl (C=O) groups excluding carboxylic acids is 3. The molecular weight excluding hydrogens is 512 g/mol. The van der Waals surface area contributed by atoms with Crippen LogP contribution >= 0.6 is 27.7 Å². The smallest absolute Gasteiger partial charge is 0.293 e. The van der Waals surface area contributed by atoms with E-state index in [4.69, 9.17) is 0 Å². The lowest BCUT2D eigenvalue weighted by Gasteiger charge is -2.11. The van der Waals surface area contributed by atoms with Gasteiger partial charge in [0, 0.05) is 39.2 Å². The summed E-state index contributed by atoms with van der Waals surface area (Å²) in [6.07, 6.45) is 3.75. The molecule has 1 saturated heterocycles. The van der Waals surface area contributed by atoms with Gasteiger partial charge in [-0.05, 0) is 41.6 Å². The van der Waals surface area contributed by atoms with E-state index in [0.717, 1.165) is 37.6 Å². The van der Waals surface area contributed by atoms with Gasteiger partial charge in [0.2, 0.25) is 0 Å². The van der Waals surface area contributed by atoms with Gasteiger partial charge in [-0.25, -0.2) is 0 Å². The molecule has 0 bridgehead atoms. The van der Waals surface area contributed by atoms with Gasteiger partial charge < -0.3 is 4.57 Å². The van der Waals surface area contributed by atoms with Crippen molar-refractivity contribution in [2.75, 3.05) is 6.54 Å². The van der Waals surface area contributed by atoms with E-state index >= 15 is 0 Å². The van der Waals surface area contributed by atoms with Crippen LogP contribution in [-0.2, 0) is 11.3 Å². The Balaban J connectivity index is 1.42. The third-order valence-corrected chi connectivity index (χ3v) is 7.08. The first-order chi connectivity index (χ1) is 16.5. The lowest BCUT2D eigenvalue weighted by molar-refractivity contribution is -0.122. The third-order valence-electron chi connectivity index (χ3n) is 5.64. The SMILES string of the molecule is O=C(CN1C(=O)S/C(=C\c2cn(Cc3ccccc3)c3ccccc23)C1=O)c1ccc(Br)cc1. The molecule has 3 aromatic carbocycles. The summed E-state index contributed by atoms with van der Waals surface area (Å²) in [4.78, 5) is 39.6. The highest BCUT2D eigenvalue weighted by atomic mass is 79.9. The number of benzene rings is 3. The highest BCUT2D eigenvalue weighted by Crippen LogP contribution is 2.34. The fourth-order valence-corrected chi connectivity index (χ4v) is 5.04. The van der Waals surface area contributed by atoms with E-state index in [0.29, 0.717) is 17.0 Å². The molecule has 1 aliphatic rings. The van der Waals surface area contributed by atoms with Crippen LogP contribution in [0, 0.1) is 0 Å². The van der Waals surface area contributed by atoms with Gasteiger partial charge in [0.05, 0.1) is 11.4 Å². The number of imide groups is 1. The van der Waals surface area contributed by atoms with E-state index in [-0.39, 0.29) is 12.3 Å². The van der Waals surface area contributed by atoms with E-state index in [1.165, 1.54) is 5.56 Å². The van der Waals surface area contributed by atoms with Crippen molar-refractivity contribution in [3.05, 3.63) is 111 Å². The number of Topliss-reactive ketones (excluding diaryl/α,β-unsaturated/α-hetero) is 1. The second-order valence-corrected chi connectivity index (χ2v) is 9.82. The number of nitrogens with zero attached hydrogens (tertiary/aromatic N) is 2. The molecule has 2 amide bonds. The second kappa shape index (κ2) is 9.44. The Morgan fingerprint density at radius 2 is 1.62 bits per heavy atom. The molecule has 2 heterocycles. The number of carbonyl (C=O) groups is 3. The Morgan fingerprint density at radius 3 is 2.38 bits per heavy atom. The average Bonchev–Trinajstić information content (AvgIpc) is 3.32. The summed E-state index contributed by atoms with van der Waals surface area (Å²) in [6, 6.07) is 25.0. The van der Waals surface area contributed by atoms with Gasteiger partial charge in [-0.1, -0.05) is 76.6 Å². The topological polar surface area (TPSA) is 59.4 Å². The highest BCUT2D eigenvalue weighted by molar-refractivity contribution is 9.10. The molecule has 0 saturated carbocycles. The summed E-state index contributed by atoms with van der Waals surface area (Å²) < 4.78 is 2.99. The summed E-state index contributed by atoms with van der Waals surface area (Å²) in [7, 11) is 0. The van der Waals surface area contributed by atoms with Gasteiger partial charge in [0.1, 0.15) is 0 Å². The zero-order valence-corrected chi connectivity index (χ0v) is 20.4. The minimum atomic E-state index is -0.444.